The van der Waals surface area contributed by atoms with Crippen LogP contribution >= 0.6 is 0 Å². The molecule has 0 aromatic carbocycles. The van der Waals surface area contributed by atoms with Crippen LogP contribution in [0.5, 0.6) is 0 Å². The Morgan fingerprint density at radius 2 is 2.40 bits per heavy atom. The maximum absolute atomic E-state index is 11.5. The van der Waals surface area contributed by atoms with Gasteiger partial charge in [0.2, 0.25) is 0 Å². The van der Waals surface area contributed by atoms with Crippen molar-refractivity contribution in [1.29, 1.82) is 5.26 Å². The van der Waals surface area contributed by atoms with Crippen LogP contribution < -0.4 is 11.1 Å². The lowest BCUT2D eigenvalue weighted by atomic mass is 10.0. The topological polar surface area (TPSA) is 88.1 Å². The highest BCUT2D eigenvalue weighted by molar-refractivity contribution is 5.90. The van der Waals surface area contributed by atoms with Crippen LogP contribution in [-0.4, -0.2) is 12.6 Å². The number of nitrogens with two attached hydrogens (primary N) is 1. The molecule has 0 fully saturated rings. The van der Waals surface area contributed by atoms with Gasteiger partial charge in [0.25, 0.3) is 0 Å². The van der Waals surface area contributed by atoms with Gasteiger partial charge in [-0.15, -0.1) is 0 Å². The van der Waals surface area contributed by atoms with E-state index in [-0.39, 0.29) is 6.42 Å². The summed E-state index contributed by atoms with van der Waals surface area (Å²) in [5.74, 6) is -0.0919. The first-order chi connectivity index (χ1) is 7.10. The molecule has 1 rings (SSSR count). The third-order valence-electron chi connectivity index (χ3n) is 2.11. The fourth-order valence-electron chi connectivity index (χ4n) is 1.30. The second-order valence-electron chi connectivity index (χ2n) is 3.13. The smallest absolute Gasteiger partial charge is 0.336 e. The number of hydrogen-bond donors (Lipinski definition) is 2. The van der Waals surface area contributed by atoms with E-state index in [0.29, 0.717) is 29.3 Å². The van der Waals surface area contributed by atoms with Gasteiger partial charge in [0.15, 0.2) is 0 Å². The Morgan fingerprint density at radius 1 is 1.73 bits per heavy atom. The van der Waals surface area contributed by atoms with Gasteiger partial charge in [0.1, 0.15) is 5.82 Å². The van der Waals surface area contributed by atoms with Crippen LogP contribution in [0.15, 0.2) is 22.7 Å². The van der Waals surface area contributed by atoms with Crippen molar-refractivity contribution in [3.05, 3.63) is 22.7 Å². The molecule has 1 aliphatic heterocycles. The number of ether oxygens (including phenoxy) is 1. The van der Waals surface area contributed by atoms with Crippen LogP contribution in [-0.2, 0) is 9.53 Å². The van der Waals surface area contributed by atoms with Gasteiger partial charge in [-0.2, -0.15) is 5.26 Å². The quantitative estimate of drug-likeness (QED) is 0.644. The Bertz CT molecular complexity index is 388. The van der Waals surface area contributed by atoms with Crippen molar-refractivity contribution in [3.8, 4) is 6.07 Å². The Balaban J connectivity index is 2.89. The van der Waals surface area contributed by atoms with Crippen molar-refractivity contribution in [3.63, 3.8) is 0 Å². The molecule has 0 saturated carbocycles. The third-order valence-corrected chi connectivity index (χ3v) is 2.11. The van der Waals surface area contributed by atoms with E-state index in [1.807, 2.05) is 6.07 Å². The Morgan fingerprint density at radius 3 is 2.93 bits per heavy atom. The maximum atomic E-state index is 11.5. The largest absolute Gasteiger partial charge is 0.463 e. The van der Waals surface area contributed by atoms with Crippen molar-refractivity contribution in [1.82, 2.24) is 5.32 Å². The zero-order valence-electron chi connectivity index (χ0n) is 8.76. The van der Waals surface area contributed by atoms with Gasteiger partial charge in [-0.3, -0.25) is 0 Å². The second-order valence-corrected chi connectivity index (χ2v) is 3.13. The van der Waals surface area contributed by atoms with Crippen molar-refractivity contribution >= 4 is 5.97 Å². The molecule has 0 spiro atoms. The molecule has 5 nitrogen and oxygen atoms in total. The maximum Gasteiger partial charge on any atom is 0.336 e. The van der Waals surface area contributed by atoms with E-state index in [0.717, 1.165) is 0 Å². The molecule has 0 amide bonds. The van der Waals surface area contributed by atoms with Crippen molar-refractivity contribution in [2.45, 2.75) is 20.3 Å². The van der Waals surface area contributed by atoms with E-state index in [4.69, 9.17) is 15.7 Å². The van der Waals surface area contributed by atoms with Crippen molar-refractivity contribution in [2.24, 2.45) is 5.73 Å². The fourth-order valence-corrected chi connectivity index (χ4v) is 1.30. The van der Waals surface area contributed by atoms with E-state index in [1.54, 1.807) is 13.8 Å². The van der Waals surface area contributed by atoms with Gasteiger partial charge >= 0.3 is 5.97 Å². The number of carbonyl (C=O) groups is 1. The highest BCUT2D eigenvalue weighted by atomic mass is 16.5. The summed E-state index contributed by atoms with van der Waals surface area (Å²) in [6.07, 6.45) is 0.236. The van der Waals surface area contributed by atoms with Crippen LogP contribution in [0, 0.1) is 11.3 Å². The first-order valence-electron chi connectivity index (χ1n) is 4.62. The van der Waals surface area contributed by atoms with Crippen molar-refractivity contribution in [2.75, 3.05) is 6.61 Å². The van der Waals surface area contributed by atoms with Crippen molar-refractivity contribution < 1.29 is 9.53 Å². The number of carbonyl (C=O) groups excluding carboxylic acids is 1. The normalized spacial score (nSPS) is 15.8. The number of allylic oxidation sites excluding steroid dienone is 2. The van der Waals surface area contributed by atoms with Crippen LogP contribution in [0.3, 0.4) is 0 Å². The summed E-state index contributed by atoms with van der Waals surface area (Å²) in [7, 11) is 0. The number of dihydropyridines is 1. The summed E-state index contributed by atoms with van der Waals surface area (Å²) in [5, 5.41) is 11.6. The predicted octanol–water partition coefficient (Wildman–Crippen LogP) is 0.511. The molecule has 1 aliphatic rings. The first kappa shape index (κ1) is 11.1. The molecule has 0 aromatic heterocycles. The molecule has 0 saturated heterocycles. The van der Waals surface area contributed by atoms with Gasteiger partial charge < -0.3 is 15.8 Å². The molecule has 1 heterocycles. The fraction of sp³-hybridized carbons (Fsp3) is 0.400. The molecule has 0 aromatic rings. The molecule has 0 atom stereocenters. The molecule has 5 heteroatoms. The molecular formula is C10H13N3O2. The third kappa shape index (κ3) is 2.29. The lowest BCUT2D eigenvalue weighted by Gasteiger charge is -2.19. The van der Waals surface area contributed by atoms with Crippen LogP contribution in [0.2, 0.25) is 0 Å². The van der Waals surface area contributed by atoms with E-state index >= 15 is 0 Å². The van der Waals surface area contributed by atoms with Crippen LogP contribution in [0.4, 0.5) is 0 Å². The minimum Gasteiger partial charge on any atom is -0.463 e. The summed E-state index contributed by atoms with van der Waals surface area (Å²) in [6, 6.07) is 1.95. The highest BCUT2D eigenvalue weighted by Gasteiger charge is 2.22. The summed E-state index contributed by atoms with van der Waals surface area (Å²) in [5.41, 5.74) is 7.04. The lowest BCUT2D eigenvalue weighted by molar-refractivity contribution is -0.138. The summed E-state index contributed by atoms with van der Waals surface area (Å²) in [4.78, 5) is 11.5. The van der Waals surface area contributed by atoms with Crippen LogP contribution in [0.25, 0.3) is 0 Å². The van der Waals surface area contributed by atoms with E-state index < -0.39 is 5.97 Å². The molecule has 80 valence electrons. The van der Waals surface area contributed by atoms with E-state index in [2.05, 4.69) is 5.32 Å². The van der Waals surface area contributed by atoms with Gasteiger partial charge in [0.05, 0.1) is 23.8 Å². The molecule has 15 heavy (non-hydrogen) atoms. The van der Waals surface area contributed by atoms with Gasteiger partial charge in [0, 0.05) is 12.1 Å². The molecular weight excluding hydrogens is 194 g/mol. The van der Waals surface area contributed by atoms with Gasteiger partial charge in [-0.05, 0) is 13.8 Å². The number of nitrogens with zero attached hydrogens (tertiary/aromatic N) is 1. The minimum absolute atomic E-state index is 0.236. The molecule has 0 unspecified atom stereocenters. The molecule has 0 bridgehead atoms. The molecule has 3 N–H and O–H groups in total. The van der Waals surface area contributed by atoms with E-state index in [1.165, 1.54) is 0 Å². The number of hydrogen-bond acceptors (Lipinski definition) is 5. The molecule has 0 aliphatic carbocycles. The van der Waals surface area contributed by atoms with Gasteiger partial charge in [-0.1, -0.05) is 0 Å². The first-order valence-corrected chi connectivity index (χ1v) is 4.62. The number of nitriles is 1. The summed E-state index contributed by atoms with van der Waals surface area (Å²) < 4.78 is 4.87. The monoisotopic (exact) mass is 207 g/mol. The SMILES string of the molecule is CCOC(=O)C1=C(C)NC(N)=C(C#N)C1. The lowest BCUT2D eigenvalue weighted by Crippen LogP contribution is -2.28. The van der Waals surface area contributed by atoms with Crippen LogP contribution in [0.1, 0.15) is 20.3 Å². The minimum atomic E-state index is -0.400. The number of rotatable bonds is 2. The van der Waals surface area contributed by atoms with E-state index in [9.17, 15) is 4.79 Å². The Kier molecular flexibility index (Phi) is 3.34. The zero-order valence-corrected chi connectivity index (χ0v) is 8.76. The standard InChI is InChI=1S/C10H13N3O2/c1-3-15-10(14)8-4-7(5-11)9(12)13-6(8)2/h13H,3-4,12H2,1-2H3. The number of nitrogens with one attached hydrogen (secondary N) is 1. The number of esters is 1. The highest BCUT2D eigenvalue weighted by Crippen LogP contribution is 2.21. The summed E-state index contributed by atoms with van der Waals surface area (Å²) >= 11 is 0. The Hall–Kier alpha value is -1.96. The second kappa shape index (κ2) is 4.51. The van der Waals surface area contributed by atoms with Gasteiger partial charge in [-0.25, -0.2) is 4.79 Å². The summed E-state index contributed by atoms with van der Waals surface area (Å²) in [6.45, 7) is 3.78. The zero-order chi connectivity index (χ0) is 11.4. The average molecular weight is 207 g/mol. The average Bonchev–Trinajstić information content (AvgIpc) is 2.18. The predicted molar refractivity (Wildman–Crippen MR) is 53.9 cm³/mol. The molecule has 0 radical (unpaired) electrons. The Labute approximate surface area is 88.2 Å².